The van der Waals surface area contributed by atoms with Crippen LogP contribution in [0.1, 0.15) is 5.56 Å². The van der Waals surface area contributed by atoms with Gasteiger partial charge in [0.25, 0.3) is 0 Å². The van der Waals surface area contributed by atoms with Crippen LogP contribution in [-0.2, 0) is 11.2 Å². The third-order valence-corrected chi connectivity index (χ3v) is 3.59. The Labute approximate surface area is 131 Å². The summed E-state index contributed by atoms with van der Waals surface area (Å²) >= 11 is 2.20. The number of carbonyl (C=O) groups is 1. The van der Waals surface area contributed by atoms with Gasteiger partial charge in [0.1, 0.15) is 5.92 Å². The lowest BCUT2D eigenvalue weighted by molar-refractivity contribution is -0.118. The summed E-state index contributed by atoms with van der Waals surface area (Å²) in [5.41, 5.74) is 1.69. The summed E-state index contributed by atoms with van der Waals surface area (Å²) in [6.07, 6.45) is 0.424. The first-order valence-corrected chi connectivity index (χ1v) is 7.27. The van der Waals surface area contributed by atoms with Crippen molar-refractivity contribution < 1.29 is 4.79 Å². The minimum absolute atomic E-state index is 0.266. The molecule has 3 nitrogen and oxygen atoms in total. The number of benzene rings is 2. The average molecular weight is 376 g/mol. The molecular formula is C16H13IN2O. The van der Waals surface area contributed by atoms with Gasteiger partial charge in [-0.1, -0.05) is 30.3 Å². The summed E-state index contributed by atoms with van der Waals surface area (Å²) in [7, 11) is 0. The van der Waals surface area contributed by atoms with Gasteiger partial charge in [0.2, 0.25) is 5.91 Å². The SMILES string of the molecule is N#CC(Cc1ccccc1)C(=O)Nc1ccc(I)cc1. The van der Waals surface area contributed by atoms with Crippen LogP contribution >= 0.6 is 22.6 Å². The van der Waals surface area contributed by atoms with E-state index in [2.05, 4.69) is 34.0 Å². The largest absolute Gasteiger partial charge is 0.325 e. The fraction of sp³-hybridized carbons (Fsp3) is 0.125. The lowest BCUT2D eigenvalue weighted by Crippen LogP contribution is -2.23. The topological polar surface area (TPSA) is 52.9 Å². The van der Waals surface area contributed by atoms with Crippen LogP contribution in [0.5, 0.6) is 0 Å². The highest BCUT2D eigenvalue weighted by Crippen LogP contribution is 2.14. The molecule has 20 heavy (non-hydrogen) atoms. The molecule has 1 atom stereocenters. The van der Waals surface area contributed by atoms with E-state index in [1.807, 2.05) is 54.6 Å². The van der Waals surface area contributed by atoms with Crippen molar-refractivity contribution in [1.82, 2.24) is 0 Å². The zero-order valence-corrected chi connectivity index (χ0v) is 12.9. The second kappa shape index (κ2) is 7.06. The normalized spacial score (nSPS) is 11.4. The molecule has 2 aromatic rings. The molecule has 100 valence electrons. The van der Waals surface area contributed by atoms with Crippen LogP contribution in [0, 0.1) is 20.8 Å². The van der Waals surface area contributed by atoms with E-state index in [-0.39, 0.29) is 5.91 Å². The van der Waals surface area contributed by atoms with Gasteiger partial charge in [0.05, 0.1) is 6.07 Å². The van der Waals surface area contributed by atoms with Crippen LogP contribution in [0.25, 0.3) is 0 Å². The Hall–Kier alpha value is -1.87. The van der Waals surface area contributed by atoms with Crippen LogP contribution in [0.4, 0.5) is 5.69 Å². The molecule has 0 radical (unpaired) electrons. The first-order chi connectivity index (χ1) is 9.69. The Morgan fingerprint density at radius 1 is 1.15 bits per heavy atom. The number of nitriles is 1. The van der Waals surface area contributed by atoms with Gasteiger partial charge >= 0.3 is 0 Å². The summed E-state index contributed by atoms with van der Waals surface area (Å²) in [6, 6.07) is 19.1. The van der Waals surface area contributed by atoms with Crippen LogP contribution in [0.3, 0.4) is 0 Å². The summed E-state index contributed by atoms with van der Waals surface area (Å²) in [6.45, 7) is 0. The van der Waals surface area contributed by atoms with E-state index >= 15 is 0 Å². The Balaban J connectivity index is 2.03. The first-order valence-electron chi connectivity index (χ1n) is 6.19. The van der Waals surface area contributed by atoms with Crippen molar-refractivity contribution in [3.8, 4) is 6.07 Å². The Kier molecular flexibility index (Phi) is 5.13. The van der Waals surface area contributed by atoms with E-state index in [4.69, 9.17) is 5.26 Å². The van der Waals surface area contributed by atoms with Crippen LogP contribution < -0.4 is 5.32 Å². The third-order valence-electron chi connectivity index (χ3n) is 2.87. The molecule has 1 N–H and O–H groups in total. The van der Waals surface area contributed by atoms with Crippen LogP contribution in [0.15, 0.2) is 54.6 Å². The summed E-state index contributed by atoms with van der Waals surface area (Å²) in [4.78, 5) is 12.1. The molecule has 1 amide bonds. The highest BCUT2D eigenvalue weighted by atomic mass is 127. The zero-order chi connectivity index (χ0) is 14.4. The van der Waals surface area contributed by atoms with Crippen LogP contribution in [0.2, 0.25) is 0 Å². The van der Waals surface area contributed by atoms with Gasteiger partial charge in [0.15, 0.2) is 0 Å². The van der Waals surface area contributed by atoms with E-state index < -0.39 is 5.92 Å². The fourth-order valence-electron chi connectivity index (χ4n) is 1.81. The van der Waals surface area contributed by atoms with E-state index in [0.29, 0.717) is 12.1 Å². The first kappa shape index (κ1) is 14.5. The number of nitrogens with zero attached hydrogens (tertiary/aromatic N) is 1. The lowest BCUT2D eigenvalue weighted by atomic mass is 10.00. The predicted octanol–water partition coefficient (Wildman–Crippen LogP) is 3.61. The number of hydrogen-bond acceptors (Lipinski definition) is 2. The molecule has 2 aromatic carbocycles. The lowest BCUT2D eigenvalue weighted by Gasteiger charge is -2.10. The Morgan fingerprint density at radius 3 is 2.40 bits per heavy atom. The molecule has 4 heteroatoms. The third kappa shape index (κ3) is 4.07. The maximum atomic E-state index is 12.1. The number of nitrogens with one attached hydrogen (secondary N) is 1. The van der Waals surface area contributed by atoms with Gasteiger partial charge in [-0.3, -0.25) is 4.79 Å². The second-order valence-electron chi connectivity index (χ2n) is 4.37. The molecule has 0 aliphatic heterocycles. The van der Waals surface area contributed by atoms with E-state index in [1.165, 1.54) is 0 Å². The van der Waals surface area contributed by atoms with E-state index in [1.54, 1.807) is 0 Å². The van der Waals surface area contributed by atoms with E-state index in [9.17, 15) is 4.79 Å². The van der Waals surface area contributed by atoms with E-state index in [0.717, 1.165) is 9.13 Å². The van der Waals surface area contributed by atoms with Crippen molar-refractivity contribution in [2.75, 3.05) is 5.32 Å². The van der Waals surface area contributed by atoms with Gasteiger partial charge in [-0.05, 0) is 58.8 Å². The summed E-state index contributed by atoms with van der Waals surface area (Å²) < 4.78 is 1.10. The molecule has 0 bridgehead atoms. The zero-order valence-electron chi connectivity index (χ0n) is 10.7. The standard InChI is InChI=1S/C16H13IN2O/c17-14-6-8-15(9-7-14)19-16(20)13(11-18)10-12-4-2-1-3-5-12/h1-9,13H,10H2,(H,19,20). The average Bonchev–Trinajstić information content (AvgIpc) is 2.48. The monoisotopic (exact) mass is 376 g/mol. The molecule has 0 saturated heterocycles. The molecular weight excluding hydrogens is 363 g/mol. The smallest absolute Gasteiger partial charge is 0.242 e. The van der Waals surface area contributed by atoms with Crippen molar-refractivity contribution in [2.45, 2.75) is 6.42 Å². The number of amides is 1. The molecule has 0 aromatic heterocycles. The maximum Gasteiger partial charge on any atom is 0.242 e. The minimum atomic E-state index is -0.684. The molecule has 0 heterocycles. The molecule has 0 spiro atoms. The van der Waals surface area contributed by atoms with Gasteiger partial charge in [0, 0.05) is 9.26 Å². The van der Waals surface area contributed by atoms with Gasteiger partial charge in [-0.2, -0.15) is 5.26 Å². The van der Waals surface area contributed by atoms with Crippen LogP contribution in [-0.4, -0.2) is 5.91 Å². The number of carbonyl (C=O) groups excluding carboxylic acids is 1. The van der Waals surface area contributed by atoms with Gasteiger partial charge < -0.3 is 5.32 Å². The highest BCUT2D eigenvalue weighted by Gasteiger charge is 2.18. The van der Waals surface area contributed by atoms with Crippen molar-refractivity contribution in [3.05, 3.63) is 63.7 Å². The highest BCUT2D eigenvalue weighted by molar-refractivity contribution is 14.1. The Morgan fingerprint density at radius 2 is 1.80 bits per heavy atom. The summed E-state index contributed by atoms with van der Waals surface area (Å²) in [5.74, 6) is -0.950. The molecule has 0 fully saturated rings. The molecule has 0 saturated carbocycles. The quantitative estimate of drug-likeness (QED) is 0.829. The van der Waals surface area contributed by atoms with Crippen molar-refractivity contribution in [1.29, 1.82) is 5.26 Å². The number of rotatable bonds is 4. The van der Waals surface area contributed by atoms with Crippen molar-refractivity contribution in [2.24, 2.45) is 5.92 Å². The van der Waals surface area contributed by atoms with Gasteiger partial charge in [-0.15, -0.1) is 0 Å². The molecule has 0 aliphatic rings. The predicted molar refractivity (Wildman–Crippen MR) is 87.0 cm³/mol. The fourth-order valence-corrected chi connectivity index (χ4v) is 2.17. The molecule has 1 unspecified atom stereocenters. The number of halogens is 1. The summed E-state index contributed by atoms with van der Waals surface area (Å²) in [5, 5.41) is 11.9. The van der Waals surface area contributed by atoms with Gasteiger partial charge in [-0.25, -0.2) is 0 Å². The molecule has 0 aliphatic carbocycles. The Bertz CT molecular complexity index is 617. The number of hydrogen-bond donors (Lipinski definition) is 1. The number of anilines is 1. The second-order valence-corrected chi connectivity index (χ2v) is 5.61. The molecule has 2 rings (SSSR count). The van der Waals surface area contributed by atoms with Crippen molar-refractivity contribution >= 4 is 34.2 Å². The maximum absolute atomic E-state index is 12.1. The van der Waals surface area contributed by atoms with Crippen molar-refractivity contribution in [3.63, 3.8) is 0 Å². The minimum Gasteiger partial charge on any atom is -0.325 e.